The fourth-order valence-electron chi connectivity index (χ4n) is 1.65. The Bertz CT molecular complexity index is 415. The highest BCUT2D eigenvalue weighted by Gasteiger charge is 2.09. The molecule has 1 heterocycles. The fraction of sp³-hybridized carbons (Fsp3) is 0.667. The van der Waals surface area contributed by atoms with Crippen LogP contribution >= 0.6 is 0 Å². The summed E-state index contributed by atoms with van der Waals surface area (Å²) in [6.45, 7) is 4.73. The molecule has 0 aliphatic heterocycles. The number of hydrogen-bond donors (Lipinski definition) is 2. The van der Waals surface area contributed by atoms with Crippen LogP contribution < -0.4 is 10.0 Å². The molecule has 0 fully saturated rings. The van der Waals surface area contributed by atoms with Crippen LogP contribution in [0.15, 0.2) is 22.8 Å². The molecule has 104 valence electrons. The van der Waals surface area contributed by atoms with Crippen molar-refractivity contribution in [2.45, 2.75) is 32.7 Å². The van der Waals surface area contributed by atoms with Gasteiger partial charge in [0.05, 0.1) is 12.0 Å². The average Bonchev–Trinajstić information content (AvgIpc) is 2.78. The summed E-state index contributed by atoms with van der Waals surface area (Å²) >= 11 is 0. The lowest BCUT2D eigenvalue weighted by molar-refractivity contribution is 0.465. The zero-order valence-electron chi connectivity index (χ0n) is 11.0. The number of rotatable bonds is 9. The third kappa shape index (κ3) is 6.18. The quantitative estimate of drug-likeness (QED) is 0.708. The Balaban J connectivity index is 2.15. The van der Waals surface area contributed by atoms with Crippen molar-refractivity contribution >= 4 is 10.0 Å². The molecule has 0 bridgehead atoms. The van der Waals surface area contributed by atoms with Crippen LogP contribution in [0, 0.1) is 0 Å². The zero-order valence-corrected chi connectivity index (χ0v) is 11.8. The van der Waals surface area contributed by atoms with Gasteiger partial charge in [-0.1, -0.05) is 6.92 Å². The summed E-state index contributed by atoms with van der Waals surface area (Å²) < 4.78 is 30.5. The standard InChI is InChI=1S/C12H22N2O3S/c1-3-14-18(15,16)10-8-13-11(2)6-7-12-5-4-9-17-12/h4-5,9,11,13-14H,3,6-8,10H2,1-2H3. The van der Waals surface area contributed by atoms with Crippen molar-refractivity contribution in [3.63, 3.8) is 0 Å². The lowest BCUT2D eigenvalue weighted by atomic mass is 10.1. The Morgan fingerprint density at radius 3 is 2.83 bits per heavy atom. The summed E-state index contributed by atoms with van der Waals surface area (Å²) in [4.78, 5) is 0. The van der Waals surface area contributed by atoms with Crippen molar-refractivity contribution in [2.75, 3.05) is 18.8 Å². The highest BCUT2D eigenvalue weighted by molar-refractivity contribution is 7.89. The number of nitrogens with one attached hydrogen (secondary N) is 2. The minimum atomic E-state index is -3.12. The molecule has 0 radical (unpaired) electrons. The first-order valence-corrected chi connectivity index (χ1v) is 7.92. The second kappa shape index (κ2) is 7.56. The van der Waals surface area contributed by atoms with Gasteiger partial charge >= 0.3 is 0 Å². The first-order valence-electron chi connectivity index (χ1n) is 6.26. The van der Waals surface area contributed by atoms with E-state index in [4.69, 9.17) is 4.42 Å². The van der Waals surface area contributed by atoms with Gasteiger partial charge in [0.15, 0.2) is 0 Å². The van der Waals surface area contributed by atoms with Gasteiger partial charge in [0.2, 0.25) is 10.0 Å². The molecule has 2 N–H and O–H groups in total. The largest absolute Gasteiger partial charge is 0.469 e. The summed E-state index contributed by atoms with van der Waals surface area (Å²) in [6.07, 6.45) is 3.45. The molecule has 0 saturated carbocycles. The van der Waals surface area contributed by atoms with Gasteiger partial charge in [0, 0.05) is 25.6 Å². The second-order valence-corrected chi connectivity index (χ2v) is 6.22. The molecule has 0 saturated heterocycles. The van der Waals surface area contributed by atoms with Gasteiger partial charge in [-0.25, -0.2) is 13.1 Å². The van der Waals surface area contributed by atoms with Crippen LogP contribution in [0.3, 0.4) is 0 Å². The molecule has 5 nitrogen and oxygen atoms in total. The topological polar surface area (TPSA) is 71.3 Å². The van der Waals surface area contributed by atoms with Crippen LogP contribution in [0.4, 0.5) is 0 Å². The van der Waals surface area contributed by atoms with Crippen LogP contribution in [-0.2, 0) is 16.4 Å². The van der Waals surface area contributed by atoms with E-state index in [1.165, 1.54) is 0 Å². The second-order valence-electron chi connectivity index (χ2n) is 4.29. The van der Waals surface area contributed by atoms with Gasteiger partial charge in [0.1, 0.15) is 5.76 Å². The fourth-order valence-corrected chi connectivity index (χ4v) is 2.62. The van der Waals surface area contributed by atoms with Gasteiger partial charge in [0.25, 0.3) is 0 Å². The van der Waals surface area contributed by atoms with E-state index in [1.807, 2.05) is 19.1 Å². The van der Waals surface area contributed by atoms with E-state index in [9.17, 15) is 8.42 Å². The summed E-state index contributed by atoms with van der Waals surface area (Å²) in [5.74, 6) is 1.08. The first kappa shape index (κ1) is 15.2. The molecular formula is C12H22N2O3S. The van der Waals surface area contributed by atoms with Crippen LogP contribution in [0.5, 0.6) is 0 Å². The highest BCUT2D eigenvalue weighted by atomic mass is 32.2. The van der Waals surface area contributed by atoms with Crippen molar-refractivity contribution in [1.29, 1.82) is 0 Å². The minimum absolute atomic E-state index is 0.117. The molecule has 1 unspecified atom stereocenters. The number of aryl methyl sites for hydroxylation is 1. The van der Waals surface area contributed by atoms with Crippen LogP contribution in [0.25, 0.3) is 0 Å². The number of furan rings is 1. The van der Waals surface area contributed by atoms with E-state index in [1.54, 1.807) is 13.2 Å². The van der Waals surface area contributed by atoms with Gasteiger partial charge in [-0.15, -0.1) is 0 Å². The van der Waals surface area contributed by atoms with Crippen LogP contribution in [0.1, 0.15) is 26.0 Å². The SMILES string of the molecule is CCNS(=O)(=O)CCNC(C)CCc1ccco1. The van der Waals surface area contributed by atoms with Crippen LogP contribution in [-0.4, -0.2) is 33.3 Å². The number of hydrogen-bond acceptors (Lipinski definition) is 4. The summed E-state index contributed by atoms with van der Waals surface area (Å²) in [6, 6.07) is 4.09. The molecule has 0 aromatic carbocycles. The van der Waals surface area contributed by atoms with Crippen LogP contribution in [0.2, 0.25) is 0 Å². The van der Waals surface area contributed by atoms with E-state index >= 15 is 0 Å². The molecule has 1 atom stereocenters. The third-order valence-electron chi connectivity index (χ3n) is 2.63. The summed E-state index contributed by atoms with van der Waals surface area (Å²) in [5, 5.41) is 3.20. The van der Waals surface area contributed by atoms with E-state index in [2.05, 4.69) is 10.0 Å². The third-order valence-corrected chi connectivity index (χ3v) is 4.10. The Hall–Kier alpha value is -0.850. The summed E-state index contributed by atoms with van der Waals surface area (Å²) in [7, 11) is -3.12. The van der Waals surface area contributed by atoms with Crippen molar-refractivity contribution in [3.05, 3.63) is 24.2 Å². The lowest BCUT2D eigenvalue weighted by Crippen LogP contribution is -2.35. The smallest absolute Gasteiger partial charge is 0.212 e. The minimum Gasteiger partial charge on any atom is -0.469 e. The summed E-state index contributed by atoms with van der Waals surface area (Å²) in [5.41, 5.74) is 0. The van der Waals surface area contributed by atoms with Crippen molar-refractivity contribution in [3.8, 4) is 0 Å². The molecule has 0 amide bonds. The van der Waals surface area contributed by atoms with Crippen molar-refractivity contribution < 1.29 is 12.8 Å². The first-order chi connectivity index (χ1) is 8.53. The van der Waals surface area contributed by atoms with Crippen molar-refractivity contribution in [1.82, 2.24) is 10.0 Å². The molecule has 0 aliphatic rings. The maximum absolute atomic E-state index is 11.4. The number of sulfonamides is 1. The monoisotopic (exact) mass is 274 g/mol. The molecule has 6 heteroatoms. The lowest BCUT2D eigenvalue weighted by Gasteiger charge is -2.13. The predicted molar refractivity (Wildman–Crippen MR) is 72.0 cm³/mol. The molecule has 18 heavy (non-hydrogen) atoms. The molecule has 0 spiro atoms. The molecule has 0 aliphatic carbocycles. The Kier molecular flexibility index (Phi) is 6.38. The Morgan fingerprint density at radius 2 is 2.22 bits per heavy atom. The van der Waals surface area contributed by atoms with Gasteiger partial charge < -0.3 is 9.73 Å². The van der Waals surface area contributed by atoms with E-state index in [-0.39, 0.29) is 11.8 Å². The van der Waals surface area contributed by atoms with Gasteiger partial charge in [-0.2, -0.15) is 0 Å². The molecule has 1 aromatic heterocycles. The molecule has 1 aromatic rings. The van der Waals surface area contributed by atoms with E-state index in [0.29, 0.717) is 13.1 Å². The maximum atomic E-state index is 11.4. The van der Waals surface area contributed by atoms with E-state index < -0.39 is 10.0 Å². The maximum Gasteiger partial charge on any atom is 0.212 e. The van der Waals surface area contributed by atoms with Gasteiger partial charge in [-0.3, -0.25) is 0 Å². The molecular weight excluding hydrogens is 252 g/mol. The average molecular weight is 274 g/mol. The Labute approximate surface area is 109 Å². The van der Waals surface area contributed by atoms with Gasteiger partial charge in [-0.05, 0) is 25.5 Å². The van der Waals surface area contributed by atoms with Crippen molar-refractivity contribution in [2.24, 2.45) is 0 Å². The zero-order chi connectivity index (χ0) is 13.4. The molecule has 1 rings (SSSR count). The predicted octanol–water partition coefficient (Wildman–Crippen LogP) is 1.13. The highest BCUT2D eigenvalue weighted by Crippen LogP contribution is 2.05. The van der Waals surface area contributed by atoms with E-state index in [0.717, 1.165) is 18.6 Å². The Morgan fingerprint density at radius 1 is 1.44 bits per heavy atom. The normalized spacial score (nSPS) is 13.7.